The fraction of sp³-hybridized carbons (Fsp3) is 0.263. The number of rotatable bonds is 5. The summed E-state index contributed by atoms with van der Waals surface area (Å²) in [6.07, 6.45) is 2.26. The average molecular weight is 307 g/mol. The van der Waals surface area contributed by atoms with Gasteiger partial charge in [0, 0.05) is 25.6 Å². The average Bonchev–Trinajstić information content (AvgIpc) is 2.90. The Balaban J connectivity index is 1.73. The molecule has 0 bridgehead atoms. The molecule has 0 saturated heterocycles. The lowest BCUT2D eigenvalue weighted by molar-refractivity contribution is -0.115. The van der Waals surface area contributed by atoms with Gasteiger partial charge in [-0.3, -0.25) is 4.79 Å². The highest BCUT2D eigenvalue weighted by Gasteiger charge is 2.07. The fourth-order valence-electron chi connectivity index (χ4n) is 2.73. The SMILES string of the molecule is CCC(=O)Nc1cccc(CCc2nc3ccccc3n2C)c1. The van der Waals surface area contributed by atoms with E-state index >= 15 is 0 Å². The van der Waals surface area contributed by atoms with Gasteiger partial charge in [0.2, 0.25) is 5.91 Å². The van der Waals surface area contributed by atoms with Crippen molar-refractivity contribution in [3.05, 3.63) is 59.9 Å². The summed E-state index contributed by atoms with van der Waals surface area (Å²) in [7, 11) is 2.06. The Bertz CT molecular complexity index is 836. The molecule has 3 aromatic rings. The molecule has 4 heteroatoms. The summed E-state index contributed by atoms with van der Waals surface area (Å²) in [6.45, 7) is 1.85. The molecule has 1 amide bonds. The fourth-order valence-corrected chi connectivity index (χ4v) is 2.73. The van der Waals surface area contributed by atoms with Crippen LogP contribution in [0.15, 0.2) is 48.5 Å². The number of aryl methyl sites for hydroxylation is 3. The minimum absolute atomic E-state index is 0.0394. The third-order valence-corrected chi connectivity index (χ3v) is 4.05. The van der Waals surface area contributed by atoms with Gasteiger partial charge in [-0.2, -0.15) is 0 Å². The van der Waals surface area contributed by atoms with Crippen molar-refractivity contribution in [1.82, 2.24) is 9.55 Å². The van der Waals surface area contributed by atoms with Crippen LogP contribution in [0.5, 0.6) is 0 Å². The molecule has 1 heterocycles. The first-order valence-electron chi connectivity index (χ1n) is 7.96. The lowest BCUT2D eigenvalue weighted by Crippen LogP contribution is -2.09. The van der Waals surface area contributed by atoms with Crippen molar-refractivity contribution in [3.63, 3.8) is 0 Å². The maximum Gasteiger partial charge on any atom is 0.224 e. The third-order valence-electron chi connectivity index (χ3n) is 4.05. The first-order chi connectivity index (χ1) is 11.2. The smallest absolute Gasteiger partial charge is 0.224 e. The number of benzene rings is 2. The summed E-state index contributed by atoms with van der Waals surface area (Å²) in [5, 5.41) is 2.90. The second-order valence-electron chi connectivity index (χ2n) is 5.68. The van der Waals surface area contributed by atoms with Gasteiger partial charge in [0.25, 0.3) is 0 Å². The molecule has 23 heavy (non-hydrogen) atoms. The van der Waals surface area contributed by atoms with Crippen molar-refractivity contribution in [2.75, 3.05) is 5.32 Å². The molecule has 2 aromatic carbocycles. The second kappa shape index (κ2) is 6.65. The van der Waals surface area contributed by atoms with Crippen molar-refractivity contribution in [2.24, 2.45) is 7.05 Å². The predicted molar refractivity (Wildman–Crippen MR) is 93.5 cm³/mol. The van der Waals surface area contributed by atoms with Crippen LogP contribution in [0.3, 0.4) is 0 Å². The Labute approximate surface area is 136 Å². The number of amides is 1. The van der Waals surface area contributed by atoms with Gasteiger partial charge in [-0.25, -0.2) is 4.98 Å². The van der Waals surface area contributed by atoms with E-state index in [-0.39, 0.29) is 5.91 Å². The molecule has 3 rings (SSSR count). The van der Waals surface area contributed by atoms with Gasteiger partial charge >= 0.3 is 0 Å². The molecule has 118 valence electrons. The maximum absolute atomic E-state index is 11.5. The monoisotopic (exact) mass is 307 g/mol. The van der Waals surface area contributed by atoms with Gasteiger partial charge in [-0.1, -0.05) is 31.2 Å². The van der Waals surface area contributed by atoms with Crippen LogP contribution in [0.25, 0.3) is 11.0 Å². The number of hydrogen-bond donors (Lipinski definition) is 1. The van der Waals surface area contributed by atoms with E-state index in [4.69, 9.17) is 4.98 Å². The van der Waals surface area contributed by atoms with Gasteiger partial charge in [0.15, 0.2) is 0 Å². The highest BCUT2D eigenvalue weighted by Crippen LogP contribution is 2.17. The number of nitrogens with one attached hydrogen (secondary N) is 1. The van der Waals surface area contributed by atoms with Crippen LogP contribution in [0.4, 0.5) is 5.69 Å². The number of anilines is 1. The molecule has 1 aromatic heterocycles. The molecule has 1 N–H and O–H groups in total. The molecule has 0 aliphatic carbocycles. The topological polar surface area (TPSA) is 46.9 Å². The summed E-state index contributed by atoms with van der Waals surface area (Å²) in [5.41, 5.74) is 4.26. The number of fused-ring (bicyclic) bond motifs is 1. The van der Waals surface area contributed by atoms with Gasteiger partial charge in [0.1, 0.15) is 5.82 Å². The second-order valence-corrected chi connectivity index (χ2v) is 5.68. The molecular weight excluding hydrogens is 286 g/mol. The Hall–Kier alpha value is -2.62. The van der Waals surface area contributed by atoms with Crippen molar-refractivity contribution < 1.29 is 4.79 Å². The van der Waals surface area contributed by atoms with Crippen LogP contribution in [0.1, 0.15) is 24.7 Å². The van der Waals surface area contributed by atoms with Crippen LogP contribution in [-0.4, -0.2) is 15.5 Å². The van der Waals surface area contributed by atoms with Crippen LogP contribution >= 0.6 is 0 Å². The largest absolute Gasteiger partial charge is 0.331 e. The van der Waals surface area contributed by atoms with E-state index in [2.05, 4.69) is 29.1 Å². The summed E-state index contributed by atoms with van der Waals surface area (Å²) < 4.78 is 2.15. The molecule has 0 aliphatic rings. The van der Waals surface area contributed by atoms with Crippen LogP contribution in [-0.2, 0) is 24.7 Å². The van der Waals surface area contributed by atoms with Crippen molar-refractivity contribution in [3.8, 4) is 0 Å². The maximum atomic E-state index is 11.5. The van der Waals surface area contributed by atoms with E-state index in [1.54, 1.807) is 0 Å². The number of aromatic nitrogens is 2. The van der Waals surface area contributed by atoms with Crippen molar-refractivity contribution in [2.45, 2.75) is 26.2 Å². The minimum atomic E-state index is 0.0394. The summed E-state index contributed by atoms with van der Waals surface area (Å²) in [5.74, 6) is 1.12. The Morgan fingerprint density at radius 2 is 1.96 bits per heavy atom. The van der Waals surface area contributed by atoms with E-state index in [1.807, 2.05) is 43.3 Å². The highest BCUT2D eigenvalue weighted by atomic mass is 16.1. The van der Waals surface area contributed by atoms with Gasteiger partial charge in [-0.05, 0) is 36.2 Å². The normalized spacial score (nSPS) is 10.9. The first-order valence-corrected chi connectivity index (χ1v) is 7.96. The van der Waals surface area contributed by atoms with E-state index in [0.29, 0.717) is 6.42 Å². The molecular formula is C19H21N3O. The molecule has 0 spiro atoms. The lowest BCUT2D eigenvalue weighted by Gasteiger charge is -2.07. The van der Waals surface area contributed by atoms with Crippen LogP contribution in [0.2, 0.25) is 0 Å². The van der Waals surface area contributed by atoms with Gasteiger partial charge in [-0.15, -0.1) is 0 Å². The van der Waals surface area contributed by atoms with Gasteiger partial charge in [0.05, 0.1) is 11.0 Å². The summed E-state index contributed by atoms with van der Waals surface area (Å²) >= 11 is 0. The van der Waals surface area contributed by atoms with Crippen molar-refractivity contribution >= 4 is 22.6 Å². The number of para-hydroxylation sites is 2. The zero-order valence-electron chi connectivity index (χ0n) is 13.5. The van der Waals surface area contributed by atoms with Crippen LogP contribution < -0.4 is 5.32 Å². The van der Waals surface area contributed by atoms with Gasteiger partial charge < -0.3 is 9.88 Å². The number of carbonyl (C=O) groups is 1. The highest BCUT2D eigenvalue weighted by molar-refractivity contribution is 5.90. The molecule has 0 aliphatic heterocycles. The molecule has 0 saturated carbocycles. The lowest BCUT2D eigenvalue weighted by atomic mass is 10.1. The summed E-state index contributed by atoms with van der Waals surface area (Å²) in [6, 6.07) is 16.2. The Morgan fingerprint density at radius 3 is 2.74 bits per heavy atom. The first kappa shape index (κ1) is 15.3. The standard InChI is InChI=1S/C19H21N3O/c1-3-19(23)20-15-8-6-7-14(13-15)11-12-18-21-16-9-4-5-10-17(16)22(18)2/h4-10,13H,3,11-12H2,1-2H3,(H,20,23). The number of imidazole rings is 1. The van der Waals surface area contributed by atoms with E-state index < -0.39 is 0 Å². The quantitative estimate of drug-likeness (QED) is 0.781. The van der Waals surface area contributed by atoms with Crippen LogP contribution in [0, 0.1) is 0 Å². The Kier molecular flexibility index (Phi) is 4.42. The molecule has 0 unspecified atom stereocenters. The van der Waals surface area contributed by atoms with Crippen molar-refractivity contribution in [1.29, 1.82) is 0 Å². The Morgan fingerprint density at radius 1 is 1.13 bits per heavy atom. The molecule has 4 nitrogen and oxygen atoms in total. The number of hydrogen-bond acceptors (Lipinski definition) is 2. The van der Waals surface area contributed by atoms with E-state index in [0.717, 1.165) is 35.4 Å². The molecule has 0 radical (unpaired) electrons. The summed E-state index contributed by atoms with van der Waals surface area (Å²) in [4.78, 5) is 16.2. The predicted octanol–water partition coefficient (Wildman–Crippen LogP) is 3.71. The third kappa shape index (κ3) is 3.42. The minimum Gasteiger partial charge on any atom is -0.331 e. The number of carbonyl (C=O) groups excluding carboxylic acids is 1. The molecule has 0 fully saturated rings. The number of nitrogens with zero attached hydrogens (tertiary/aromatic N) is 2. The van der Waals surface area contributed by atoms with E-state index in [9.17, 15) is 4.79 Å². The zero-order valence-corrected chi connectivity index (χ0v) is 13.5. The molecule has 0 atom stereocenters. The zero-order chi connectivity index (χ0) is 16.2. The van der Waals surface area contributed by atoms with E-state index in [1.165, 1.54) is 5.56 Å².